The number of amides is 1. The lowest BCUT2D eigenvalue weighted by Crippen LogP contribution is -2.31. The molecule has 150 valence electrons. The zero-order valence-electron chi connectivity index (χ0n) is 15.9. The molecule has 1 aliphatic heterocycles. The summed E-state index contributed by atoms with van der Waals surface area (Å²) in [4.78, 5) is 35.2. The standard InChI is InChI=1S/C23H18FN3O3/c24-18-5-3-15(4-6-18)9-13-27-20(17-2-1-10-26-14-17)19(22(29)23(27)30)21(28)16-7-11-25-12-8-16/h1-8,10-12,14,20,28H,9,13H2/b21-19-. The van der Waals surface area contributed by atoms with Crippen molar-refractivity contribution in [2.75, 3.05) is 6.54 Å². The number of aliphatic hydroxyl groups excluding tert-OH is 1. The Bertz CT molecular complexity index is 1100. The number of Topliss-reactive ketones (excluding diaryl/α,β-unsaturated/α-hetero) is 1. The van der Waals surface area contributed by atoms with E-state index in [1.165, 1.54) is 29.4 Å². The number of rotatable bonds is 5. The predicted octanol–water partition coefficient (Wildman–Crippen LogP) is 3.28. The maximum Gasteiger partial charge on any atom is 0.295 e. The van der Waals surface area contributed by atoms with Gasteiger partial charge in [-0.3, -0.25) is 19.6 Å². The smallest absolute Gasteiger partial charge is 0.295 e. The van der Waals surface area contributed by atoms with Crippen LogP contribution < -0.4 is 0 Å². The molecule has 0 radical (unpaired) electrons. The van der Waals surface area contributed by atoms with Gasteiger partial charge in [0.25, 0.3) is 11.7 Å². The molecular weight excluding hydrogens is 385 g/mol. The van der Waals surface area contributed by atoms with E-state index in [-0.39, 0.29) is 23.7 Å². The zero-order valence-corrected chi connectivity index (χ0v) is 15.9. The van der Waals surface area contributed by atoms with Crippen molar-refractivity contribution in [2.45, 2.75) is 12.5 Å². The van der Waals surface area contributed by atoms with Crippen LogP contribution in [0.25, 0.3) is 5.76 Å². The molecule has 0 aliphatic carbocycles. The lowest BCUT2D eigenvalue weighted by Gasteiger charge is -2.25. The average molecular weight is 403 g/mol. The molecular formula is C23H18FN3O3. The summed E-state index contributed by atoms with van der Waals surface area (Å²) in [5, 5.41) is 10.9. The summed E-state index contributed by atoms with van der Waals surface area (Å²) in [6, 6.07) is 11.8. The largest absolute Gasteiger partial charge is 0.507 e. The van der Waals surface area contributed by atoms with Gasteiger partial charge in [-0.15, -0.1) is 0 Å². The maximum atomic E-state index is 13.2. The van der Waals surface area contributed by atoms with Crippen molar-refractivity contribution in [1.29, 1.82) is 0 Å². The van der Waals surface area contributed by atoms with Crippen molar-refractivity contribution >= 4 is 17.4 Å². The Labute approximate surface area is 172 Å². The first-order valence-corrected chi connectivity index (χ1v) is 9.39. The van der Waals surface area contributed by atoms with Gasteiger partial charge in [0.05, 0.1) is 11.6 Å². The predicted molar refractivity (Wildman–Crippen MR) is 108 cm³/mol. The normalized spacial score (nSPS) is 18.0. The van der Waals surface area contributed by atoms with Crippen LogP contribution in [0.1, 0.15) is 22.7 Å². The number of hydrogen-bond acceptors (Lipinski definition) is 5. The summed E-state index contributed by atoms with van der Waals surface area (Å²) in [6.07, 6.45) is 6.59. The molecule has 3 aromatic rings. The number of carbonyl (C=O) groups excluding carboxylic acids is 2. The van der Waals surface area contributed by atoms with Gasteiger partial charge in [0.15, 0.2) is 0 Å². The molecule has 1 N–H and O–H groups in total. The summed E-state index contributed by atoms with van der Waals surface area (Å²) in [5.74, 6) is -2.04. The molecule has 1 amide bonds. The van der Waals surface area contributed by atoms with E-state index in [1.807, 2.05) is 0 Å². The topological polar surface area (TPSA) is 83.4 Å². The van der Waals surface area contributed by atoms with E-state index in [9.17, 15) is 19.1 Å². The molecule has 0 bridgehead atoms. The fraction of sp³-hybridized carbons (Fsp3) is 0.130. The molecule has 0 saturated carbocycles. The number of carbonyl (C=O) groups is 2. The van der Waals surface area contributed by atoms with Crippen LogP contribution in [0.3, 0.4) is 0 Å². The zero-order chi connectivity index (χ0) is 21.1. The lowest BCUT2D eigenvalue weighted by molar-refractivity contribution is -0.139. The van der Waals surface area contributed by atoms with Gasteiger partial charge in [0.2, 0.25) is 0 Å². The van der Waals surface area contributed by atoms with Crippen molar-refractivity contribution in [2.24, 2.45) is 0 Å². The number of hydrogen-bond donors (Lipinski definition) is 1. The second-order valence-electron chi connectivity index (χ2n) is 6.89. The van der Waals surface area contributed by atoms with Crippen LogP contribution in [-0.4, -0.2) is 38.2 Å². The molecule has 3 heterocycles. The number of benzene rings is 1. The van der Waals surface area contributed by atoms with Crippen LogP contribution in [0.15, 0.2) is 78.9 Å². The van der Waals surface area contributed by atoms with Crippen molar-refractivity contribution in [3.05, 3.63) is 101 Å². The second-order valence-corrected chi connectivity index (χ2v) is 6.89. The first kappa shape index (κ1) is 19.4. The minimum Gasteiger partial charge on any atom is -0.507 e. The van der Waals surface area contributed by atoms with Crippen LogP contribution in [0.4, 0.5) is 4.39 Å². The summed E-state index contributed by atoms with van der Waals surface area (Å²) in [7, 11) is 0. The Morgan fingerprint density at radius 1 is 1.00 bits per heavy atom. The van der Waals surface area contributed by atoms with Crippen LogP contribution >= 0.6 is 0 Å². The highest BCUT2D eigenvalue weighted by molar-refractivity contribution is 6.46. The molecule has 1 fully saturated rings. The number of ketones is 1. The molecule has 4 rings (SSSR count). The molecule has 1 atom stereocenters. The highest BCUT2D eigenvalue weighted by Crippen LogP contribution is 2.39. The van der Waals surface area contributed by atoms with Gasteiger partial charge in [-0.1, -0.05) is 18.2 Å². The third kappa shape index (κ3) is 3.69. The van der Waals surface area contributed by atoms with Gasteiger partial charge in [-0.2, -0.15) is 0 Å². The summed E-state index contributed by atoms with van der Waals surface area (Å²) in [5.41, 5.74) is 1.86. The molecule has 0 spiro atoms. The van der Waals surface area contributed by atoms with E-state index in [0.29, 0.717) is 17.5 Å². The van der Waals surface area contributed by atoms with Crippen LogP contribution in [-0.2, 0) is 16.0 Å². The van der Waals surface area contributed by atoms with Gasteiger partial charge < -0.3 is 10.0 Å². The van der Waals surface area contributed by atoms with E-state index in [4.69, 9.17) is 0 Å². The van der Waals surface area contributed by atoms with Crippen molar-refractivity contribution < 1.29 is 19.1 Å². The van der Waals surface area contributed by atoms with Gasteiger partial charge in [0.1, 0.15) is 11.6 Å². The quantitative estimate of drug-likeness (QED) is 0.402. The Morgan fingerprint density at radius 3 is 2.40 bits per heavy atom. The molecule has 1 aliphatic rings. The summed E-state index contributed by atoms with van der Waals surface area (Å²) >= 11 is 0. The number of halogens is 1. The number of aromatic nitrogens is 2. The third-order valence-electron chi connectivity index (χ3n) is 5.05. The second kappa shape index (κ2) is 8.24. The minimum atomic E-state index is -0.771. The van der Waals surface area contributed by atoms with Crippen LogP contribution in [0, 0.1) is 5.82 Å². The number of aliphatic hydroxyl groups is 1. The van der Waals surface area contributed by atoms with Crippen LogP contribution in [0.5, 0.6) is 0 Å². The lowest BCUT2D eigenvalue weighted by atomic mass is 9.96. The monoisotopic (exact) mass is 403 g/mol. The molecule has 7 heteroatoms. The van der Waals surface area contributed by atoms with Crippen molar-refractivity contribution in [3.8, 4) is 0 Å². The molecule has 6 nitrogen and oxygen atoms in total. The van der Waals surface area contributed by atoms with Gasteiger partial charge in [0, 0.05) is 36.9 Å². The SMILES string of the molecule is O=C1C(=O)N(CCc2ccc(F)cc2)C(c2cccnc2)/C1=C(/O)c1ccncc1. The van der Waals surface area contributed by atoms with Gasteiger partial charge in [-0.25, -0.2) is 4.39 Å². The number of likely N-dealkylation sites (tertiary alicyclic amines) is 1. The maximum absolute atomic E-state index is 13.2. The Kier molecular flexibility index (Phi) is 5.34. The Hall–Kier alpha value is -3.87. The molecule has 2 aromatic heterocycles. The Balaban J connectivity index is 1.74. The first-order chi connectivity index (χ1) is 14.6. The van der Waals surface area contributed by atoms with E-state index < -0.39 is 17.7 Å². The Morgan fingerprint density at radius 2 is 1.73 bits per heavy atom. The molecule has 1 unspecified atom stereocenters. The average Bonchev–Trinajstić information content (AvgIpc) is 3.04. The van der Waals surface area contributed by atoms with Crippen LogP contribution in [0.2, 0.25) is 0 Å². The summed E-state index contributed by atoms with van der Waals surface area (Å²) < 4.78 is 13.2. The van der Waals surface area contributed by atoms with Gasteiger partial charge >= 0.3 is 0 Å². The van der Waals surface area contributed by atoms with Crippen molar-refractivity contribution in [3.63, 3.8) is 0 Å². The van der Waals surface area contributed by atoms with E-state index >= 15 is 0 Å². The fourth-order valence-corrected chi connectivity index (χ4v) is 3.56. The number of nitrogens with zero attached hydrogens (tertiary/aromatic N) is 3. The van der Waals surface area contributed by atoms with Crippen molar-refractivity contribution in [1.82, 2.24) is 14.9 Å². The van der Waals surface area contributed by atoms with E-state index in [2.05, 4.69) is 9.97 Å². The summed E-state index contributed by atoms with van der Waals surface area (Å²) in [6.45, 7) is 0.225. The fourth-order valence-electron chi connectivity index (χ4n) is 3.56. The van der Waals surface area contributed by atoms with E-state index in [1.54, 1.807) is 48.8 Å². The van der Waals surface area contributed by atoms with Gasteiger partial charge in [-0.05, 0) is 47.9 Å². The van der Waals surface area contributed by atoms with E-state index in [0.717, 1.165) is 5.56 Å². The molecule has 30 heavy (non-hydrogen) atoms. The highest BCUT2D eigenvalue weighted by Gasteiger charge is 2.45. The first-order valence-electron chi connectivity index (χ1n) is 9.39. The molecule has 1 aromatic carbocycles. The molecule has 1 saturated heterocycles. The minimum absolute atomic E-state index is 0.0123. The highest BCUT2D eigenvalue weighted by atomic mass is 19.1. The third-order valence-corrected chi connectivity index (χ3v) is 5.05. The number of pyridine rings is 2.